The van der Waals surface area contributed by atoms with Gasteiger partial charge in [-0.05, 0) is 83.3 Å². The lowest BCUT2D eigenvalue weighted by molar-refractivity contribution is 0.187. The molecule has 0 aliphatic carbocycles. The summed E-state index contributed by atoms with van der Waals surface area (Å²) >= 11 is 6.19. The molecule has 2 aromatic rings. The SMILES string of the molecule is CC(C)(C)c1cc([C@@H](c2ccc(Cl)cc2)N2CCCCC2)cc(C(C)(C)C)c1O. The maximum Gasteiger partial charge on any atom is 0.123 e. The quantitative estimate of drug-likeness (QED) is 0.574. The van der Waals surface area contributed by atoms with E-state index in [1.807, 2.05) is 12.1 Å². The molecule has 1 saturated heterocycles. The largest absolute Gasteiger partial charge is 0.507 e. The van der Waals surface area contributed by atoms with Crippen LogP contribution in [0.3, 0.4) is 0 Å². The third-order valence-corrected chi connectivity index (χ3v) is 6.26. The van der Waals surface area contributed by atoms with Crippen LogP contribution in [0.1, 0.15) is 89.1 Å². The van der Waals surface area contributed by atoms with E-state index < -0.39 is 0 Å². The van der Waals surface area contributed by atoms with Gasteiger partial charge in [0.25, 0.3) is 0 Å². The summed E-state index contributed by atoms with van der Waals surface area (Å²) in [5, 5.41) is 11.9. The van der Waals surface area contributed by atoms with Gasteiger partial charge in [-0.3, -0.25) is 4.90 Å². The van der Waals surface area contributed by atoms with Crippen molar-refractivity contribution < 1.29 is 5.11 Å². The standard InChI is InChI=1S/C26H36ClNO/c1-25(2,3)21-16-19(17-22(24(21)29)26(4,5)6)23(28-14-8-7-9-15-28)18-10-12-20(27)13-11-18/h10-13,16-17,23,29H,7-9,14-15H2,1-6H3/t23-/m1/s1. The van der Waals surface area contributed by atoms with Crippen LogP contribution in [0.5, 0.6) is 5.75 Å². The van der Waals surface area contributed by atoms with Gasteiger partial charge in [0, 0.05) is 5.02 Å². The fourth-order valence-electron chi connectivity index (χ4n) is 4.39. The van der Waals surface area contributed by atoms with Crippen LogP contribution < -0.4 is 0 Å². The molecule has 0 unspecified atom stereocenters. The highest BCUT2D eigenvalue weighted by atomic mass is 35.5. The van der Waals surface area contributed by atoms with Crippen LogP contribution in [-0.2, 0) is 10.8 Å². The number of nitrogens with zero attached hydrogens (tertiary/aromatic N) is 1. The van der Waals surface area contributed by atoms with Gasteiger partial charge in [-0.2, -0.15) is 0 Å². The molecule has 0 radical (unpaired) electrons. The Morgan fingerprint density at radius 3 is 1.72 bits per heavy atom. The highest BCUT2D eigenvalue weighted by Gasteiger charge is 2.31. The molecule has 1 aliphatic heterocycles. The lowest BCUT2D eigenvalue weighted by Gasteiger charge is -2.37. The second-order valence-corrected chi connectivity index (χ2v) is 11.0. The van der Waals surface area contributed by atoms with E-state index in [0.717, 1.165) is 29.2 Å². The summed E-state index contributed by atoms with van der Waals surface area (Å²) in [6.07, 6.45) is 3.78. The van der Waals surface area contributed by atoms with E-state index in [0.29, 0.717) is 5.75 Å². The van der Waals surface area contributed by atoms with Gasteiger partial charge in [0.1, 0.15) is 5.75 Å². The number of likely N-dealkylation sites (tertiary alicyclic amines) is 1. The zero-order chi connectivity index (χ0) is 21.4. The average molecular weight is 414 g/mol. The summed E-state index contributed by atoms with van der Waals surface area (Å²) in [5.74, 6) is 0.447. The first kappa shape index (κ1) is 22.2. The average Bonchev–Trinajstić information content (AvgIpc) is 2.63. The third kappa shape index (κ3) is 4.98. The van der Waals surface area contributed by atoms with Crippen molar-refractivity contribution in [3.05, 3.63) is 63.7 Å². The minimum absolute atomic E-state index is 0.132. The summed E-state index contributed by atoms with van der Waals surface area (Å²) in [4.78, 5) is 2.60. The Balaban J connectivity index is 2.22. The van der Waals surface area contributed by atoms with Crippen LogP contribution in [0.15, 0.2) is 36.4 Å². The first-order valence-corrected chi connectivity index (χ1v) is 11.2. The monoisotopic (exact) mass is 413 g/mol. The molecule has 0 bridgehead atoms. The molecule has 2 aromatic carbocycles. The van der Waals surface area contributed by atoms with Crippen molar-refractivity contribution in [1.29, 1.82) is 0 Å². The van der Waals surface area contributed by atoms with Gasteiger partial charge in [-0.15, -0.1) is 0 Å². The highest BCUT2D eigenvalue weighted by Crippen LogP contribution is 2.43. The lowest BCUT2D eigenvalue weighted by Crippen LogP contribution is -2.34. The van der Waals surface area contributed by atoms with E-state index in [9.17, 15) is 5.11 Å². The van der Waals surface area contributed by atoms with E-state index in [4.69, 9.17) is 11.6 Å². The van der Waals surface area contributed by atoms with Gasteiger partial charge in [-0.25, -0.2) is 0 Å². The minimum atomic E-state index is -0.132. The molecule has 1 atom stereocenters. The summed E-state index contributed by atoms with van der Waals surface area (Å²) in [6.45, 7) is 15.3. The maximum atomic E-state index is 11.2. The zero-order valence-electron chi connectivity index (χ0n) is 18.8. The third-order valence-electron chi connectivity index (χ3n) is 6.01. The van der Waals surface area contributed by atoms with Gasteiger partial charge >= 0.3 is 0 Å². The molecular weight excluding hydrogens is 378 g/mol. The van der Waals surface area contributed by atoms with E-state index in [2.05, 4.69) is 70.7 Å². The van der Waals surface area contributed by atoms with E-state index in [1.165, 1.54) is 30.4 Å². The topological polar surface area (TPSA) is 23.5 Å². The Kier molecular flexibility index (Phi) is 6.36. The molecule has 0 spiro atoms. The van der Waals surface area contributed by atoms with Crippen molar-refractivity contribution in [2.24, 2.45) is 0 Å². The van der Waals surface area contributed by atoms with Gasteiger partial charge < -0.3 is 5.11 Å². The van der Waals surface area contributed by atoms with Crippen LogP contribution in [-0.4, -0.2) is 23.1 Å². The molecule has 2 nitrogen and oxygen atoms in total. The Morgan fingerprint density at radius 2 is 1.28 bits per heavy atom. The molecule has 1 aliphatic rings. The molecule has 29 heavy (non-hydrogen) atoms. The van der Waals surface area contributed by atoms with E-state index in [-0.39, 0.29) is 16.9 Å². The molecule has 3 rings (SSSR count). The van der Waals surface area contributed by atoms with Crippen LogP contribution in [0.4, 0.5) is 0 Å². The predicted molar refractivity (Wildman–Crippen MR) is 124 cm³/mol. The first-order chi connectivity index (χ1) is 13.5. The number of halogens is 1. The molecule has 1 N–H and O–H groups in total. The van der Waals surface area contributed by atoms with E-state index >= 15 is 0 Å². The van der Waals surface area contributed by atoms with Crippen molar-refractivity contribution in [1.82, 2.24) is 4.90 Å². The predicted octanol–water partition coefficient (Wildman–Crippen LogP) is 7.22. The van der Waals surface area contributed by atoms with Crippen LogP contribution in [0, 0.1) is 0 Å². The number of phenols is 1. The maximum absolute atomic E-state index is 11.2. The van der Waals surface area contributed by atoms with Crippen LogP contribution >= 0.6 is 11.6 Å². The number of phenolic OH excluding ortho intramolecular Hbond substituents is 1. The Hall–Kier alpha value is -1.51. The minimum Gasteiger partial charge on any atom is -0.507 e. The molecular formula is C26H36ClNO. The van der Waals surface area contributed by atoms with Crippen molar-refractivity contribution >= 4 is 11.6 Å². The van der Waals surface area contributed by atoms with Gasteiger partial charge in [0.2, 0.25) is 0 Å². The van der Waals surface area contributed by atoms with Gasteiger partial charge in [0.05, 0.1) is 6.04 Å². The first-order valence-electron chi connectivity index (χ1n) is 10.9. The summed E-state index contributed by atoms with van der Waals surface area (Å²) < 4.78 is 0. The fraction of sp³-hybridized carbons (Fsp3) is 0.538. The van der Waals surface area contributed by atoms with Crippen molar-refractivity contribution in [3.8, 4) is 5.75 Å². The van der Waals surface area contributed by atoms with Crippen molar-refractivity contribution in [2.75, 3.05) is 13.1 Å². The summed E-state index contributed by atoms with van der Waals surface area (Å²) in [5.41, 5.74) is 4.31. The normalized spacial score (nSPS) is 17.3. The summed E-state index contributed by atoms with van der Waals surface area (Å²) in [7, 11) is 0. The van der Waals surface area contributed by atoms with Crippen molar-refractivity contribution in [2.45, 2.75) is 77.7 Å². The smallest absolute Gasteiger partial charge is 0.123 e. The van der Waals surface area contributed by atoms with Crippen LogP contribution in [0.2, 0.25) is 5.02 Å². The molecule has 1 fully saturated rings. The Morgan fingerprint density at radius 1 is 0.793 bits per heavy atom. The molecule has 0 amide bonds. The number of benzene rings is 2. The number of rotatable bonds is 3. The highest BCUT2D eigenvalue weighted by molar-refractivity contribution is 6.30. The fourth-order valence-corrected chi connectivity index (χ4v) is 4.52. The molecule has 3 heteroatoms. The molecule has 1 heterocycles. The van der Waals surface area contributed by atoms with Crippen LogP contribution in [0.25, 0.3) is 0 Å². The van der Waals surface area contributed by atoms with Crippen molar-refractivity contribution in [3.63, 3.8) is 0 Å². The number of hydrogen-bond acceptors (Lipinski definition) is 2. The van der Waals surface area contributed by atoms with E-state index in [1.54, 1.807) is 0 Å². The summed E-state index contributed by atoms with van der Waals surface area (Å²) in [6, 6.07) is 12.9. The number of hydrogen-bond donors (Lipinski definition) is 1. The van der Waals surface area contributed by atoms with Gasteiger partial charge in [0.15, 0.2) is 0 Å². The molecule has 158 valence electrons. The lowest BCUT2D eigenvalue weighted by atomic mass is 9.77. The zero-order valence-corrected chi connectivity index (χ0v) is 19.6. The molecule has 0 saturated carbocycles. The Bertz CT molecular complexity index is 801. The molecule has 0 aromatic heterocycles. The van der Waals surface area contributed by atoms with Gasteiger partial charge in [-0.1, -0.05) is 71.7 Å². The Labute approximate surface area is 181 Å². The second-order valence-electron chi connectivity index (χ2n) is 10.5. The number of piperidine rings is 1. The number of aromatic hydroxyl groups is 1. The second kappa shape index (κ2) is 8.32.